The lowest BCUT2D eigenvalue weighted by Gasteiger charge is -2.34. The molecule has 100 valence electrons. The fraction of sp³-hybridized carbons (Fsp3) is 0.800. The van der Waals surface area contributed by atoms with E-state index < -0.39 is 0 Å². The van der Waals surface area contributed by atoms with E-state index >= 15 is 0 Å². The molecule has 0 aromatic carbocycles. The molecule has 2 fully saturated rings. The van der Waals surface area contributed by atoms with Crippen LogP contribution in [-0.4, -0.2) is 36.5 Å². The molecule has 0 spiro atoms. The van der Waals surface area contributed by atoms with Gasteiger partial charge in [-0.25, -0.2) is 0 Å². The second kappa shape index (κ2) is 6.80. The Balaban J connectivity index is 1.86. The number of nitrogens with one attached hydrogen (secondary N) is 1. The van der Waals surface area contributed by atoms with Crippen LogP contribution in [0.3, 0.4) is 0 Å². The molecule has 2 rings (SSSR count). The average molecular weight is 248 g/mol. The van der Waals surface area contributed by atoms with Crippen molar-refractivity contribution in [3.63, 3.8) is 0 Å². The quantitative estimate of drug-likeness (QED) is 0.607. The van der Waals surface area contributed by atoms with Crippen LogP contribution in [0.15, 0.2) is 0 Å². The molecule has 1 atom stereocenters. The molecule has 1 aliphatic heterocycles. The molecule has 2 aliphatic rings. The number of rotatable bonds is 4. The topological polar surface area (TPSA) is 32.3 Å². The number of carbonyl (C=O) groups is 1. The maximum Gasteiger partial charge on any atom is 0.236 e. The molecule has 1 heterocycles. The van der Waals surface area contributed by atoms with Gasteiger partial charge in [0.25, 0.3) is 0 Å². The van der Waals surface area contributed by atoms with Crippen molar-refractivity contribution >= 4 is 5.91 Å². The van der Waals surface area contributed by atoms with E-state index in [0.29, 0.717) is 19.1 Å². The van der Waals surface area contributed by atoms with Gasteiger partial charge in [0.15, 0.2) is 0 Å². The lowest BCUT2D eigenvalue weighted by Crippen LogP contribution is -2.44. The normalized spacial score (nSPS) is 25.1. The Bertz CT molecular complexity index is 315. The van der Waals surface area contributed by atoms with Crippen molar-refractivity contribution in [1.29, 1.82) is 0 Å². The summed E-state index contributed by atoms with van der Waals surface area (Å²) in [6.45, 7) is 1.82. The minimum Gasteiger partial charge on any atom is -0.338 e. The first kappa shape index (κ1) is 13.4. The summed E-state index contributed by atoms with van der Waals surface area (Å²) in [6, 6.07) is 0.505. The van der Waals surface area contributed by atoms with E-state index in [1.165, 1.54) is 44.9 Å². The van der Waals surface area contributed by atoms with Gasteiger partial charge in [-0.1, -0.05) is 25.2 Å². The molecule has 1 saturated carbocycles. The molecule has 1 N–H and O–H groups in total. The number of likely N-dealkylation sites (tertiary alicyclic amines) is 1. The van der Waals surface area contributed by atoms with Gasteiger partial charge in [-0.3, -0.25) is 10.1 Å². The van der Waals surface area contributed by atoms with E-state index in [4.69, 9.17) is 6.42 Å². The largest absolute Gasteiger partial charge is 0.338 e. The van der Waals surface area contributed by atoms with E-state index in [2.05, 4.69) is 16.1 Å². The van der Waals surface area contributed by atoms with E-state index in [1.807, 2.05) is 0 Å². The van der Waals surface area contributed by atoms with Gasteiger partial charge in [0.05, 0.1) is 13.1 Å². The lowest BCUT2D eigenvalue weighted by atomic mass is 9.83. The van der Waals surface area contributed by atoms with Crippen LogP contribution in [0.5, 0.6) is 0 Å². The van der Waals surface area contributed by atoms with E-state index in [0.717, 1.165) is 12.5 Å². The number of nitrogens with zero attached hydrogens (tertiary/aromatic N) is 1. The highest BCUT2D eigenvalue weighted by Crippen LogP contribution is 2.34. The first-order valence-electron chi connectivity index (χ1n) is 7.26. The van der Waals surface area contributed by atoms with Crippen molar-refractivity contribution in [3.8, 4) is 12.3 Å². The molecule has 1 saturated heterocycles. The molecule has 18 heavy (non-hydrogen) atoms. The van der Waals surface area contributed by atoms with Gasteiger partial charge >= 0.3 is 0 Å². The standard InChI is InChI=1S/C15H24N2O/c1-2-10-16-12-15(18)17-11-6-9-14(17)13-7-4-3-5-8-13/h1,13-14,16H,3-12H2. The fourth-order valence-electron chi connectivity index (χ4n) is 3.45. The van der Waals surface area contributed by atoms with Crippen molar-refractivity contribution in [2.24, 2.45) is 5.92 Å². The average Bonchev–Trinajstić information content (AvgIpc) is 2.89. The van der Waals surface area contributed by atoms with Gasteiger partial charge in [0.1, 0.15) is 0 Å². The first-order valence-corrected chi connectivity index (χ1v) is 7.26. The van der Waals surface area contributed by atoms with Crippen LogP contribution >= 0.6 is 0 Å². The van der Waals surface area contributed by atoms with Crippen molar-refractivity contribution in [1.82, 2.24) is 10.2 Å². The summed E-state index contributed by atoms with van der Waals surface area (Å²) in [7, 11) is 0. The Kier molecular flexibility index (Phi) is 5.07. The lowest BCUT2D eigenvalue weighted by molar-refractivity contribution is -0.132. The molecular formula is C15H24N2O. The molecule has 3 heteroatoms. The zero-order valence-electron chi connectivity index (χ0n) is 11.2. The van der Waals surface area contributed by atoms with Crippen LogP contribution in [0, 0.1) is 18.3 Å². The summed E-state index contributed by atoms with van der Waals surface area (Å²) in [4.78, 5) is 14.3. The van der Waals surface area contributed by atoms with Crippen LogP contribution in [0.1, 0.15) is 44.9 Å². The third kappa shape index (κ3) is 3.26. The molecule has 1 aliphatic carbocycles. The van der Waals surface area contributed by atoms with Crippen LogP contribution in [0.4, 0.5) is 0 Å². The van der Waals surface area contributed by atoms with Gasteiger partial charge in [-0.15, -0.1) is 6.42 Å². The van der Waals surface area contributed by atoms with Crippen molar-refractivity contribution in [2.45, 2.75) is 51.0 Å². The third-order valence-corrected chi connectivity index (χ3v) is 4.32. The summed E-state index contributed by atoms with van der Waals surface area (Å²) in [5, 5.41) is 3.01. The Labute approximate surface area is 110 Å². The Morgan fingerprint density at radius 2 is 2.00 bits per heavy atom. The first-order chi connectivity index (χ1) is 8.83. The zero-order chi connectivity index (χ0) is 12.8. The second-order valence-corrected chi connectivity index (χ2v) is 5.50. The predicted molar refractivity (Wildman–Crippen MR) is 73.0 cm³/mol. The van der Waals surface area contributed by atoms with Crippen molar-refractivity contribution in [2.75, 3.05) is 19.6 Å². The van der Waals surface area contributed by atoms with Crippen molar-refractivity contribution in [3.05, 3.63) is 0 Å². The van der Waals surface area contributed by atoms with E-state index in [1.54, 1.807) is 0 Å². The predicted octanol–water partition coefficient (Wildman–Crippen LogP) is 1.78. The summed E-state index contributed by atoms with van der Waals surface area (Å²) >= 11 is 0. The number of amides is 1. The van der Waals surface area contributed by atoms with Crippen LogP contribution in [0.25, 0.3) is 0 Å². The summed E-state index contributed by atoms with van der Waals surface area (Å²) in [5.41, 5.74) is 0. The molecule has 0 aromatic heterocycles. The Morgan fingerprint density at radius 3 is 2.72 bits per heavy atom. The highest BCUT2D eigenvalue weighted by Gasteiger charge is 2.34. The molecule has 1 amide bonds. The number of hydrogen-bond donors (Lipinski definition) is 1. The molecule has 3 nitrogen and oxygen atoms in total. The molecule has 1 unspecified atom stereocenters. The number of terminal acetylenes is 1. The molecule has 0 bridgehead atoms. The Morgan fingerprint density at radius 1 is 1.22 bits per heavy atom. The van der Waals surface area contributed by atoms with Gasteiger partial charge in [0.2, 0.25) is 5.91 Å². The third-order valence-electron chi connectivity index (χ3n) is 4.32. The number of carbonyl (C=O) groups excluding carboxylic acids is 1. The summed E-state index contributed by atoms with van der Waals surface area (Å²) < 4.78 is 0. The molecule has 0 aromatic rings. The minimum absolute atomic E-state index is 0.235. The maximum atomic E-state index is 12.2. The van der Waals surface area contributed by atoms with Crippen LogP contribution in [-0.2, 0) is 4.79 Å². The van der Waals surface area contributed by atoms with Crippen molar-refractivity contribution < 1.29 is 4.79 Å². The van der Waals surface area contributed by atoms with E-state index in [-0.39, 0.29) is 5.91 Å². The highest BCUT2D eigenvalue weighted by molar-refractivity contribution is 5.79. The monoisotopic (exact) mass is 248 g/mol. The van der Waals surface area contributed by atoms with Gasteiger partial charge in [0, 0.05) is 12.6 Å². The van der Waals surface area contributed by atoms with Gasteiger partial charge in [-0.2, -0.15) is 0 Å². The van der Waals surface area contributed by atoms with E-state index in [9.17, 15) is 4.79 Å². The maximum absolute atomic E-state index is 12.2. The SMILES string of the molecule is C#CCNCC(=O)N1CCCC1C1CCCCC1. The number of hydrogen-bond acceptors (Lipinski definition) is 2. The zero-order valence-corrected chi connectivity index (χ0v) is 11.2. The molecule has 0 radical (unpaired) electrons. The molecular weight excluding hydrogens is 224 g/mol. The highest BCUT2D eigenvalue weighted by atomic mass is 16.2. The summed E-state index contributed by atoms with van der Waals surface area (Å²) in [6.07, 6.45) is 14.2. The van der Waals surface area contributed by atoms with Crippen LogP contribution in [0.2, 0.25) is 0 Å². The minimum atomic E-state index is 0.235. The van der Waals surface area contributed by atoms with Gasteiger partial charge < -0.3 is 4.90 Å². The second-order valence-electron chi connectivity index (χ2n) is 5.50. The Hall–Kier alpha value is -1.01. The fourth-order valence-corrected chi connectivity index (χ4v) is 3.45. The van der Waals surface area contributed by atoms with Crippen LogP contribution < -0.4 is 5.32 Å². The summed E-state index contributed by atoms with van der Waals surface area (Å²) in [5.74, 6) is 3.49. The van der Waals surface area contributed by atoms with Gasteiger partial charge in [-0.05, 0) is 31.6 Å². The smallest absolute Gasteiger partial charge is 0.236 e.